The number of aliphatic imine (C=N–C) groups is 1. The van der Waals surface area contributed by atoms with E-state index < -0.39 is 0 Å². The number of benzene rings is 2. The SMILES string of the molecule is CCNC(=NCc1ccc(OC)cc1)NCCOc1ccc(OC)cc1. The van der Waals surface area contributed by atoms with E-state index >= 15 is 0 Å². The molecule has 0 aliphatic rings. The van der Waals surface area contributed by atoms with Gasteiger partial charge in [-0.25, -0.2) is 4.99 Å². The molecular weight excluding hydrogens is 330 g/mol. The number of nitrogens with zero attached hydrogens (tertiary/aromatic N) is 1. The average Bonchev–Trinajstić information content (AvgIpc) is 2.70. The van der Waals surface area contributed by atoms with Crippen LogP contribution in [-0.4, -0.2) is 39.9 Å². The van der Waals surface area contributed by atoms with E-state index in [1.54, 1.807) is 14.2 Å². The minimum absolute atomic E-state index is 0.541. The molecule has 2 N–H and O–H groups in total. The summed E-state index contributed by atoms with van der Waals surface area (Å²) in [7, 11) is 3.31. The van der Waals surface area contributed by atoms with E-state index in [2.05, 4.69) is 15.6 Å². The Morgan fingerprint density at radius 3 is 2.00 bits per heavy atom. The van der Waals surface area contributed by atoms with Gasteiger partial charge in [-0.05, 0) is 48.9 Å². The summed E-state index contributed by atoms with van der Waals surface area (Å²) in [5.74, 6) is 3.24. The van der Waals surface area contributed by atoms with Crippen LogP contribution in [0, 0.1) is 0 Å². The summed E-state index contributed by atoms with van der Waals surface area (Å²) in [6.07, 6.45) is 0. The van der Waals surface area contributed by atoms with E-state index in [0.717, 1.165) is 35.3 Å². The number of nitrogens with one attached hydrogen (secondary N) is 2. The molecule has 6 nitrogen and oxygen atoms in total. The molecule has 0 atom stereocenters. The Hall–Kier alpha value is -2.89. The van der Waals surface area contributed by atoms with E-state index in [0.29, 0.717) is 19.7 Å². The van der Waals surface area contributed by atoms with Gasteiger partial charge in [0.05, 0.1) is 27.3 Å². The van der Waals surface area contributed by atoms with Gasteiger partial charge < -0.3 is 24.8 Å². The molecule has 0 heterocycles. The van der Waals surface area contributed by atoms with Crippen LogP contribution in [0.15, 0.2) is 53.5 Å². The minimum atomic E-state index is 0.541. The first-order chi connectivity index (χ1) is 12.7. The van der Waals surface area contributed by atoms with Crippen molar-refractivity contribution in [2.75, 3.05) is 33.9 Å². The van der Waals surface area contributed by atoms with E-state index in [4.69, 9.17) is 14.2 Å². The Labute approximate surface area is 155 Å². The van der Waals surface area contributed by atoms with Crippen molar-refractivity contribution in [3.05, 3.63) is 54.1 Å². The highest BCUT2D eigenvalue weighted by Gasteiger charge is 1.99. The van der Waals surface area contributed by atoms with Crippen molar-refractivity contribution in [2.24, 2.45) is 4.99 Å². The van der Waals surface area contributed by atoms with Gasteiger partial charge in [0.2, 0.25) is 0 Å². The van der Waals surface area contributed by atoms with Crippen LogP contribution in [-0.2, 0) is 6.54 Å². The average molecular weight is 357 g/mol. The summed E-state index contributed by atoms with van der Waals surface area (Å²) in [5.41, 5.74) is 1.12. The Morgan fingerprint density at radius 2 is 1.42 bits per heavy atom. The third-order valence-corrected chi connectivity index (χ3v) is 3.65. The number of rotatable bonds is 9. The molecule has 0 amide bonds. The van der Waals surface area contributed by atoms with Crippen LogP contribution in [0.4, 0.5) is 0 Å². The Kier molecular flexibility index (Phi) is 8.12. The number of methoxy groups -OCH3 is 2. The lowest BCUT2D eigenvalue weighted by molar-refractivity contribution is 0.321. The fourth-order valence-corrected chi connectivity index (χ4v) is 2.25. The second-order valence-electron chi connectivity index (χ2n) is 5.49. The van der Waals surface area contributed by atoms with Crippen molar-refractivity contribution >= 4 is 5.96 Å². The van der Waals surface area contributed by atoms with Crippen molar-refractivity contribution in [1.82, 2.24) is 10.6 Å². The van der Waals surface area contributed by atoms with Gasteiger partial charge in [-0.3, -0.25) is 0 Å². The largest absolute Gasteiger partial charge is 0.497 e. The predicted molar refractivity (Wildman–Crippen MR) is 104 cm³/mol. The van der Waals surface area contributed by atoms with Crippen LogP contribution in [0.1, 0.15) is 12.5 Å². The minimum Gasteiger partial charge on any atom is -0.497 e. The molecule has 0 aromatic heterocycles. The van der Waals surface area contributed by atoms with Gasteiger partial charge in [-0.1, -0.05) is 12.1 Å². The summed E-state index contributed by atoms with van der Waals surface area (Å²) in [6.45, 7) is 4.63. The molecule has 26 heavy (non-hydrogen) atoms. The summed E-state index contributed by atoms with van der Waals surface area (Å²) in [6, 6.07) is 15.4. The Bertz CT molecular complexity index is 670. The lowest BCUT2D eigenvalue weighted by atomic mass is 10.2. The van der Waals surface area contributed by atoms with Gasteiger partial charge in [0, 0.05) is 6.54 Å². The molecular formula is C20H27N3O3. The summed E-state index contributed by atoms with van der Waals surface area (Å²) < 4.78 is 16.0. The van der Waals surface area contributed by atoms with Gasteiger partial charge in [0.25, 0.3) is 0 Å². The van der Waals surface area contributed by atoms with Gasteiger partial charge in [0.1, 0.15) is 23.9 Å². The Morgan fingerprint density at radius 1 is 0.846 bits per heavy atom. The lowest BCUT2D eigenvalue weighted by Crippen LogP contribution is -2.39. The third kappa shape index (κ3) is 6.55. The van der Waals surface area contributed by atoms with Crippen molar-refractivity contribution < 1.29 is 14.2 Å². The zero-order valence-corrected chi connectivity index (χ0v) is 15.6. The molecule has 2 rings (SSSR count). The molecule has 6 heteroatoms. The quantitative estimate of drug-likeness (QED) is 0.410. The highest BCUT2D eigenvalue weighted by molar-refractivity contribution is 5.79. The van der Waals surface area contributed by atoms with E-state index in [1.807, 2.05) is 55.5 Å². The number of hydrogen-bond donors (Lipinski definition) is 2. The molecule has 0 aliphatic carbocycles. The van der Waals surface area contributed by atoms with E-state index in [1.165, 1.54) is 0 Å². The molecule has 0 saturated carbocycles. The first kappa shape index (κ1) is 19.4. The second kappa shape index (κ2) is 10.9. The Balaban J connectivity index is 1.78. The highest BCUT2D eigenvalue weighted by Crippen LogP contribution is 2.16. The fourth-order valence-electron chi connectivity index (χ4n) is 2.25. The van der Waals surface area contributed by atoms with Gasteiger partial charge in [-0.15, -0.1) is 0 Å². The molecule has 0 radical (unpaired) electrons. The predicted octanol–water partition coefficient (Wildman–Crippen LogP) is 2.84. The zero-order valence-electron chi connectivity index (χ0n) is 15.6. The molecule has 0 spiro atoms. The molecule has 0 aliphatic heterocycles. The van der Waals surface area contributed by atoms with Crippen LogP contribution in [0.5, 0.6) is 17.2 Å². The van der Waals surface area contributed by atoms with Gasteiger partial charge >= 0.3 is 0 Å². The molecule has 0 saturated heterocycles. The maximum Gasteiger partial charge on any atom is 0.191 e. The number of guanidine groups is 1. The topological polar surface area (TPSA) is 64.1 Å². The van der Waals surface area contributed by atoms with Gasteiger partial charge in [-0.2, -0.15) is 0 Å². The van der Waals surface area contributed by atoms with Crippen LogP contribution in [0.3, 0.4) is 0 Å². The molecule has 2 aromatic carbocycles. The van der Waals surface area contributed by atoms with Crippen LogP contribution in [0.25, 0.3) is 0 Å². The zero-order chi connectivity index (χ0) is 18.6. The first-order valence-electron chi connectivity index (χ1n) is 8.67. The van der Waals surface area contributed by atoms with Crippen LogP contribution in [0.2, 0.25) is 0 Å². The molecule has 0 bridgehead atoms. The smallest absolute Gasteiger partial charge is 0.191 e. The van der Waals surface area contributed by atoms with Crippen molar-refractivity contribution in [3.63, 3.8) is 0 Å². The summed E-state index contributed by atoms with van der Waals surface area (Å²) in [4.78, 5) is 4.59. The van der Waals surface area contributed by atoms with Crippen LogP contribution < -0.4 is 24.8 Å². The van der Waals surface area contributed by atoms with Crippen LogP contribution >= 0.6 is 0 Å². The number of ether oxygens (including phenoxy) is 3. The maximum absolute atomic E-state index is 5.71. The van der Waals surface area contributed by atoms with Crippen molar-refractivity contribution in [1.29, 1.82) is 0 Å². The molecule has 0 unspecified atom stereocenters. The standard InChI is InChI=1S/C20H27N3O3/c1-4-21-20(23-15-16-5-7-17(24-2)8-6-16)22-13-14-26-19-11-9-18(25-3)10-12-19/h5-12H,4,13-15H2,1-3H3,(H2,21,22,23). The summed E-state index contributed by atoms with van der Waals surface area (Å²) >= 11 is 0. The second-order valence-corrected chi connectivity index (χ2v) is 5.49. The lowest BCUT2D eigenvalue weighted by Gasteiger charge is -2.12. The molecule has 140 valence electrons. The van der Waals surface area contributed by atoms with E-state index in [9.17, 15) is 0 Å². The van der Waals surface area contributed by atoms with Crippen molar-refractivity contribution in [3.8, 4) is 17.2 Å². The third-order valence-electron chi connectivity index (χ3n) is 3.65. The first-order valence-corrected chi connectivity index (χ1v) is 8.67. The van der Waals surface area contributed by atoms with Gasteiger partial charge in [0.15, 0.2) is 5.96 Å². The number of hydrogen-bond acceptors (Lipinski definition) is 4. The summed E-state index contributed by atoms with van der Waals surface area (Å²) in [5, 5.41) is 6.50. The molecule has 0 fully saturated rings. The fraction of sp³-hybridized carbons (Fsp3) is 0.350. The van der Waals surface area contributed by atoms with E-state index in [-0.39, 0.29) is 0 Å². The highest BCUT2D eigenvalue weighted by atomic mass is 16.5. The normalized spacial score (nSPS) is 11.0. The molecule has 2 aromatic rings. The maximum atomic E-state index is 5.71. The monoisotopic (exact) mass is 357 g/mol. The van der Waals surface area contributed by atoms with Crippen molar-refractivity contribution in [2.45, 2.75) is 13.5 Å².